The van der Waals surface area contributed by atoms with Gasteiger partial charge in [0, 0.05) is 19.8 Å². The van der Waals surface area contributed by atoms with Crippen LogP contribution in [0.3, 0.4) is 0 Å². The summed E-state index contributed by atoms with van der Waals surface area (Å²) in [6.45, 7) is 11.0. The molecule has 0 heterocycles. The molecule has 4 heteroatoms. The average molecular weight is 593 g/mol. The van der Waals surface area contributed by atoms with E-state index in [-0.39, 0.29) is 28.7 Å². The molecule has 0 bridgehead atoms. The summed E-state index contributed by atoms with van der Waals surface area (Å²) in [4.78, 5) is 0. The van der Waals surface area contributed by atoms with Gasteiger partial charge in [-0.1, -0.05) is 155 Å². The average Bonchev–Trinajstić information content (AvgIpc) is 2.87. The second-order valence-electron chi connectivity index (χ2n) is 11.8. The van der Waals surface area contributed by atoms with Gasteiger partial charge >= 0.3 is 0 Å². The van der Waals surface area contributed by atoms with Crippen molar-refractivity contribution in [1.82, 2.24) is 0 Å². The van der Waals surface area contributed by atoms with E-state index in [9.17, 15) is 0 Å². The molecule has 37 heavy (non-hydrogen) atoms. The molecule has 0 saturated carbocycles. The minimum absolute atomic E-state index is 0. The van der Waals surface area contributed by atoms with Gasteiger partial charge in [0.2, 0.25) is 0 Å². The van der Waals surface area contributed by atoms with Crippen LogP contribution >= 0.6 is 17.0 Å². The quantitative estimate of drug-likeness (QED) is 0.0844. The molecular formula is C33H70BrNO2. The molecule has 1 unspecified atom stereocenters. The Morgan fingerprint density at radius 3 is 1.11 bits per heavy atom. The molecule has 226 valence electrons. The number of ether oxygens (including phenoxy) is 2. The third-order valence-corrected chi connectivity index (χ3v) is 7.78. The third-order valence-electron chi connectivity index (χ3n) is 7.78. The number of unbranched alkanes of at least 4 members (excludes halogenated alkanes) is 22. The molecule has 0 aliphatic heterocycles. The second-order valence-corrected chi connectivity index (χ2v) is 11.8. The van der Waals surface area contributed by atoms with E-state index in [1.807, 2.05) is 0 Å². The van der Waals surface area contributed by atoms with Crippen LogP contribution in [0.4, 0.5) is 0 Å². The molecule has 0 aliphatic carbocycles. The van der Waals surface area contributed by atoms with Crippen molar-refractivity contribution in [3.8, 4) is 0 Å². The summed E-state index contributed by atoms with van der Waals surface area (Å²) in [7, 11) is 0. The molecule has 0 amide bonds. The van der Waals surface area contributed by atoms with Crippen LogP contribution in [-0.4, -0.2) is 31.5 Å². The SMILES string of the molecule is Br.CCCCCCCCCCCCCCOC(CN)C(C)(C)OCCCCCCCCCCCCCC. The Hall–Kier alpha value is 0.360. The van der Waals surface area contributed by atoms with E-state index in [1.54, 1.807) is 0 Å². The maximum atomic E-state index is 6.23. The molecule has 0 spiro atoms. The largest absolute Gasteiger partial charge is 0.374 e. The van der Waals surface area contributed by atoms with E-state index in [1.165, 1.54) is 141 Å². The molecule has 0 aliphatic rings. The smallest absolute Gasteiger partial charge is 0.0980 e. The van der Waals surface area contributed by atoms with Crippen molar-refractivity contribution < 1.29 is 9.47 Å². The van der Waals surface area contributed by atoms with Gasteiger partial charge in [0.1, 0.15) is 0 Å². The zero-order valence-corrected chi connectivity index (χ0v) is 27.7. The van der Waals surface area contributed by atoms with Crippen molar-refractivity contribution in [3.05, 3.63) is 0 Å². The zero-order valence-electron chi connectivity index (χ0n) is 26.0. The van der Waals surface area contributed by atoms with Crippen LogP contribution in [0.2, 0.25) is 0 Å². The molecule has 0 fully saturated rings. The maximum absolute atomic E-state index is 6.23. The lowest BCUT2D eigenvalue weighted by Crippen LogP contribution is -2.46. The topological polar surface area (TPSA) is 44.5 Å². The predicted molar refractivity (Wildman–Crippen MR) is 171 cm³/mol. The molecule has 3 nitrogen and oxygen atoms in total. The van der Waals surface area contributed by atoms with Crippen LogP contribution in [0.1, 0.15) is 182 Å². The third kappa shape index (κ3) is 27.7. The summed E-state index contributed by atoms with van der Waals surface area (Å²) >= 11 is 0. The number of nitrogens with two attached hydrogens (primary N) is 1. The minimum atomic E-state index is -0.302. The number of rotatable bonds is 30. The maximum Gasteiger partial charge on any atom is 0.0980 e. The summed E-state index contributed by atoms with van der Waals surface area (Å²) < 4.78 is 12.4. The minimum Gasteiger partial charge on any atom is -0.374 e. The molecule has 0 aromatic carbocycles. The van der Waals surface area contributed by atoms with Crippen molar-refractivity contribution in [2.75, 3.05) is 19.8 Å². The Balaban J connectivity index is 0. The first-order valence-electron chi connectivity index (χ1n) is 16.5. The first kappa shape index (κ1) is 39.5. The lowest BCUT2D eigenvalue weighted by atomic mass is 10.0. The Morgan fingerprint density at radius 2 is 0.784 bits per heavy atom. The van der Waals surface area contributed by atoms with Crippen LogP contribution in [0, 0.1) is 0 Å². The number of hydrogen-bond acceptors (Lipinski definition) is 3. The van der Waals surface area contributed by atoms with E-state index in [4.69, 9.17) is 15.2 Å². The predicted octanol–water partition coefficient (Wildman–Crippen LogP) is 11.1. The second kappa shape index (κ2) is 30.9. The summed E-state index contributed by atoms with van der Waals surface area (Å²) in [6, 6.07) is 0. The molecule has 2 N–H and O–H groups in total. The van der Waals surface area contributed by atoms with Gasteiger partial charge in [-0.3, -0.25) is 0 Å². The molecular weight excluding hydrogens is 522 g/mol. The monoisotopic (exact) mass is 591 g/mol. The van der Waals surface area contributed by atoms with Gasteiger partial charge in [-0.25, -0.2) is 0 Å². The van der Waals surface area contributed by atoms with Gasteiger partial charge in [0.05, 0.1) is 11.7 Å². The summed E-state index contributed by atoms with van der Waals surface area (Å²) in [5.41, 5.74) is 5.74. The van der Waals surface area contributed by atoms with Gasteiger partial charge in [0.15, 0.2) is 0 Å². The number of hydrogen-bond donors (Lipinski definition) is 1. The standard InChI is InChI=1S/C33H69NO2.BrH/c1-5-7-9-11-13-15-17-19-21-23-25-27-29-35-32(31-34)33(3,4)36-30-28-26-24-22-20-18-16-14-12-10-8-6-2;/h32H,5-31,34H2,1-4H3;1H. The van der Waals surface area contributed by atoms with E-state index in [0.717, 1.165) is 26.1 Å². The van der Waals surface area contributed by atoms with E-state index in [0.29, 0.717) is 6.54 Å². The first-order valence-corrected chi connectivity index (χ1v) is 16.5. The zero-order chi connectivity index (χ0) is 26.6. The van der Waals surface area contributed by atoms with Crippen molar-refractivity contribution in [1.29, 1.82) is 0 Å². The Morgan fingerprint density at radius 1 is 0.486 bits per heavy atom. The fourth-order valence-corrected chi connectivity index (χ4v) is 5.09. The molecule has 0 radical (unpaired) electrons. The van der Waals surface area contributed by atoms with Gasteiger partial charge in [-0.2, -0.15) is 0 Å². The van der Waals surface area contributed by atoms with Gasteiger partial charge in [-0.05, 0) is 26.7 Å². The first-order chi connectivity index (χ1) is 17.6. The Bertz CT molecular complexity index is 419. The molecule has 0 aromatic rings. The van der Waals surface area contributed by atoms with Crippen LogP contribution < -0.4 is 5.73 Å². The fraction of sp³-hybridized carbons (Fsp3) is 1.00. The van der Waals surface area contributed by atoms with Crippen molar-refractivity contribution in [2.45, 2.75) is 193 Å². The lowest BCUT2D eigenvalue weighted by Gasteiger charge is -2.33. The summed E-state index contributed by atoms with van der Waals surface area (Å²) in [5.74, 6) is 0. The van der Waals surface area contributed by atoms with E-state index >= 15 is 0 Å². The van der Waals surface area contributed by atoms with Crippen LogP contribution in [-0.2, 0) is 9.47 Å². The highest BCUT2D eigenvalue weighted by Gasteiger charge is 2.30. The Kier molecular flexibility index (Phi) is 33.0. The van der Waals surface area contributed by atoms with Gasteiger partial charge < -0.3 is 15.2 Å². The highest BCUT2D eigenvalue weighted by molar-refractivity contribution is 8.93. The lowest BCUT2D eigenvalue weighted by molar-refractivity contribution is -0.124. The summed E-state index contributed by atoms with van der Waals surface area (Å²) in [5, 5.41) is 0. The highest BCUT2D eigenvalue weighted by atomic mass is 79.9. The van der Waals surface area contributed by atoms with E-state index in [2.05, 4.69) is 27.7 Å². The molecule has 0 rings (SSSR count). The fourth-order valence-electron chi connectivity index (χ4n) is 5.09. The van der Waals surface area contributed by atoms with Crippen LogP contribution in [0.5, 0.6) is 0 Å². The molecule has 1 atom stereocenters. The number of halogens is 1. The van der Waals surface area contributed by atoms with Crippen LogP contribution in [0.25, 0.3) is 0 Å². The van der Waals surface area contributed by atoms with Gasteiger partial charge in [0.25, 0.3) is 0 Å². The van der Waals surface area contributed by atoms with Crippen LogP contribution in [0.15, 0.2) is 0 Å². The molecule has 0 saturated heterocycles. The van der Waals surface area contributed by atoms with Crippen molar-refractivity contribution in [2.24, 2.45) is 5.73 Å². The van der Waals surface area contributed by atoms with E-state index < -0.39 is 0 Å². The molecule has 0 aromatic heterocycles. The highest BCUT2D eigenvalue weighted by Crippen LogP contribution is 2.20. The van der Waals surface area contributed by atoms with Crippen molar-refractivity contribution in [3.63, 3.8) is 0 Å². The Labute approximate surface area is 244 Å². The summed E-state index contributed by atoms with van der Waals surface area (Å²) in [6.07, 6.45) is 32.9. The normalized spacial score (nSPS) is 12.6. The van der Waals surface area contributed by atoms with Crippen molar-refractivity contribution >= 4 is 17.0 Å². The van der Waals surface area contributed by atoms with Gasteiger partial charge in [-0.15, -0.1) is 17.0 Å².